The maximum absolute atomic E-state index is 12.6. The Bertz CT molecular complexity index is 1070. The van der Waals surface area contributed by atoms with Crippen molar-refractivity contribution in [1.29, 1.82) is 0 Å². The second-order valence-corrected chi connectivity index (χ2v) is 8.05. The van der Waals surface area contributed by atoms with Crippen LogP contribution in [0.4, 0.5) is 0 Å². The van der Waals surface area contributed by atoms with Gasteiger partial charge in [0.1, 0.15) is 0 Å². The molecule has 4 rings (SSSR count). The topological polar surface area (TPSA) is 85.9 Å². The van der Waals surface area contributed by atoms with Crippen LogP contribution in [0, 0.1) is 0 Å². The molecule has 0 unspecified atom stereocenters. The summed E-state index contributed by atoms with van der Waals surface area (Å²) in [6.07, 6.45) is 1.25. The highest BCUT2D eigenvalue weighted by Crippen LogP contribution is 2.21. The van der Waals surface area contributed by atoms with Crippen molar-refractivity contribution in [3.05, 3.63) is 63.5 Å². The van der Waals surface area contributed by atoms with Crippen LogP contribution in [0.15, 0.2) is 52.4 Å². The third-order valence-electron chi connectivity index (χ3n) is 4.26. The first-order valence-corrected chi connectivity index (χ1v) is 11.0. The van der Waals surface area contributed by atoms with E-state index in [4.69, 9.17) is 11.6 Å². The molecular formula is C20H23ClN6O2S. The van der Waals surface area contributed by atoms with Gasteiger partial charge in [0, 0.05) is 29.9 Å². The Morgan fingerprint density at radius 1 is 1.17 bits per heavy atom. The minimum Gasteiger partial charge on any atom is -0.334 e. The third-order valence-corrected chi connectivity index (χ3v) is 5.40. The number of thioether (sulfide) groups is 1. The number of hydrogen-bond acceptors (Lipinski definition) is 6. The van der Waals surface area contributed by atoms with Gasteiger partial charge in [-0.15, -0.1) is 5.10 Å². The number of hydrogen-bond donors (Lipinski definition) is 0. The van der Waals surface area contributed by atoms with Crippen LogP contribution in [0.5, 0.6) is 0 Å². The molecule has 0 saturated carbocycles. The molecule has 8 nitrogen and oxygen atoms in total. The number of amides is 1. The number of carbonyl (C=O) groups is 1. The van der Waals surface area contributed by atoms with Crippen molar-refractivity contribution in [2.24, 2.45) is 0 Å². The monoisotopic (exact) mass is 446 g/mol. The lowest BCUT2D eigenvalue weighted by Gasteiger charge is -2.29. The molecule has 3 aromatic rings. The minimum atomic E-state index is -0.0327. The summed E-state index contributed by atoms with van der Waals surface area (Å²) in [6.45, 7) is 5.69. The van der Waals surface area contributed by atoms with Gasteiger partial charge in [0.25, 0.3) is 5.56 Å². The molecule has 0 N–H and O–H groups in total. The Balaban J connectivity index is 0.000000806. The summed E-state index contributed by atoms with van der Waals surface area (Å²) in [5, 5.41) is 12.8. The van der Waals surface area contributed by atoms with Gasteiger partial charge in [0.15, 0.2) is 0 Å². The molecule has 3 heterocycles. The zero-order chi connectivity index (χ0) is 21.5. The summed E-state index contributed by atoms with van der Waals surface area (Å²) in [6, 6.07) is 12.3. The number of tetrazole rings is 1. The van der Waals surface area contributed by atoms with Crippen LogP contribution in [0.1, 0.15) is 26.0 Å². The number of carbonyl (C=O) groups excluding carboxylic acids is 1. The fraction of sp³-hybridized carbons (Fsp3) is 0.350. The number of halogens is 1. The molecule has 0 bridgehead atoms. The second-order valence-electron chi connectivity index (χ2n) is 6.67. The molecule has 0 atom stereocenters. The van der Waals surface area contributed by atoms with E-state index in [1.54, 1.807) is 32.3 Å². The molecule has 0 radical (unpaired) electrons. The van der Waals surface area contributed by atoms with Crippen LogP contribution in [0.25, 0.3) is 5.69 Å². The van der Waals surface area contributed by atoms with Crippen molar-refractivity contribution in [1.82, 2.24) is 29.7 Å². The van der Waals surface area contributed by atoms with Gasteiger partial charge < -0.3 is 9.47 Å². The lowest BCUT2D eigenvalue weighted by molar-refractivity contribution is -0.129. The number of aromatic nitrogens is 5. The molecule has 0 saturated heterocycles. The lowest BCUT2D eigenvalue weighted by atomic mass is 10.2. The molecule has 30 heavy (non-hydrogen) atoms. The average Bonchev–Trinajstić information content (AvgIpc) is 3.21. The second kappa shape index (κ2) is 10.4. The smallest absolute Gasteiger partial charge is 0.250 e. The summed E-state index contributed by atoms with van der Waals surface area (Å²) in [7, 11) is 0. The fourth-order valence-corrected chi connectivity index (χ4v) is 3.90. The van der Waals surface area contributed by atoms with Gasteiger partial charge in [0.05, 0.1) is 18.0 Å². The van der Waals surface area contributed by atoms with E-state index in [9.17, 15) is 9.59 Å². The van der Waals surface area contributed by atoms with Crippen molar-refractivity contribution in [2.75, 3.05) is 12.3 Å². The first-order valence-electron chi connectivity index (χ1n) is 9.67. The van der Waals surface area contributed by atoms with Crippen molar-refractivity contribution in [2.45, 2.75) is 38.5 Å². The molecule has 1 aliphatic heterocycles. The molecule has 1 aliphatic rings. The lowest BCUT2D eigenvalue weighted by Crippen LogP contribution is -2.42. The summed E-state index contributed by atoms with van der Waals surface area (Å²) >= 11 is 7.29. The molecular weight excluding hydrogens is 424 g/mol. The van der Waals surface area contributed by atoms with Crippen molar-refractivity contribution >= 4 is 29.3 Å². The van der Waals surface area contributed by atoms with Gasteiger partial charge >= 0.3 is 0 Å². The Morgan fingerprint density at radius 3 is 2.70 bits per heavy atom. The average molecular weight is 447 g/mol. The van der Waals surface area contributed by atoms with E-state index in [1.807, 2.05) is 18.2 Å². The van der Waals surface area contributed by atoms with E-state index in [0.29, 0.717) is 29.8 Å². The molecule has 2 aromatic heterocycles. The molecule has 1 amide bonds. The van der Waals surface area contributed by atoms with Gasteiger partial charge in [-0.2, -0.15) is 4.68 Å². The molecule has 10 heteroatoms. The number of fused-ring (bicyclic) bond motifs is 1. The highest BCUT2D eigenvalue weighted by atomic mass is 35.5. The third kappa shape index (κ3) is 5.28. The van der Waals surface area contributed by atoms with Crippen LogP contribution in [-0.4, -0.2) is 47.9 Å². The number of nitrogens with zero attached hydrogens (tertiary/aromatic N) is 6. The van der Waals surface area contributed by atoms with E-state index in [0.717, 1.165) is 11.4 Å². The van der Waals surface area contributed by atoms with Crippen molar-refractivity contribution in [3.63, 3.8) is 0 Å². The van der Waals surface area contributed by atoms with E-state index in [1.165, 1.54) is 24.2 Å². The first kappa shape index (κ1) is 22.0. The van der Waals surface area contributed by atoms with E-state index in [2.05, 4.69) is 29.4 Å². The maximum Gasteiger partial charge on any atom is 0.250 e. The predicted molar refractivity (Wildman–Crippen MR) is 117 cm³/mol. The van der Waals surface area contributed by atoms with E-state index >= 15 is 0 Å². The number of pyridine rings is 1. The van der Waals surface area contributed by atoms with Gasteiger partial charge in [-0.1, -0.05) is 55.8 Å². The quantitative estimate of drug-likeness (QED) is 0.572. The van der Waals surface area contributed by atoms with Crippen LogP contribution in [-0.2, 0) is 17.9 Å². The Kier molecular flexibility index (Phi) is 7.64. The van der Waals surface area contributed by atoms with Crippen molar-refractivity contribution < 1.29 is 4.79 Å². The SMILES string of the molecule is CCC.O=C(CSc1nnnn1-c1cccc(Cl)c1)N1CCn2c(cccc2=O)C1. The highest BCUT2D eigenvalue weighted by Gasteiger charge is 2.22. The van der Waals surface area contributed by atoms with Crippen LogP contribution in [0.2, 0.25) is 5.02 Å². The molecule has 1 aromatic carbocycles. The molecule has 0 fully saturated rings. The van der Waals surface area contributed by atoms with Crippen LogP contribution in [0.3, 0.4) is 0 Å². The standard InChI is InChI=1S/C17H15ClN6O2S.C3H8/c18-12-3-1-4-13(9-12)24-17(19-20-21-24)27-11-16(26)22-7-8-23-14(10-22)5-2-6-15(23)25;1-3-2/h1-6,9H,7-8,10-11H2;3H2,1-2H3. The predicted octanol–water partition coefficient (Wildman–Crippen LogP) is 3.03. The number of benzene rings is 1. The number of rotatable bonds is 4. The first-order chi connectivity index (χ1) is 14.5. The normalized spacial score (nSPS) is 12.7. The summed E-state index contributed by atoms with van der Waals surface area (Å²) in [5.74, 6) is 0.182. The van der Waals surface area contributed by atoms with E-state index in [-0.39, 0.29) is 17.2 Å². The Morgan fingerprint density at radius 2 is 1.93 bits per heavy atom. The Hall–Kier alpha value is -2.65. The van der Waals surface area contributed by atoms with Gasteiger partial charge in [-0.05, 0) is 34.7 Å². The molecule has 158 valence electrons. The van der Waals surface area contributed by atoms with E-state index < -0.39 is 0 Å². The highest BCUT2D eigenvalue weighted by molar-refractivity contribution is 7.99. The van der Waals surface area contributed by atoms with Gasteiger partial charge in [-0.3, -0.25) is 9.59 Å². The molecule has 0 spiro atoms. The fourth-order valence-electron chi connectivity index (χ4n) is 2.92. The van der Waals surface area contributed by atoms with Gasteiger partial charge in [0.2, 0.25) is 11.1 Å². The van der Waals surface area contributed by atoms with Crippen LogP contribution < -0.4 is 5.56 Å². The largest absolute Gasteiger partial charge is 0.334 e. The van der Waals surface area contributed by atoms with Crippen molar-refractivity contribution in [3.8, 4) is 5.69 Å². The zero-order valence-electron chi connectivity index (χ0n) is 16.9. The molecule has 0 aliphatic carbocycles. The Labute approximate surface area is 183 Å². The minimum absolute atomic E-state index is 0.0248. The zero-order valence-corrected chi connectivity index (χ0v) is 18.4. The summed E-state index contributed by atoms with van der Waals surface area (Å²) in [5.41, 5.74) is 1.54. The summed E-state index contributed by atoms with van der Waals surface area (Å²) < 4.78 is 3.26. The van der Waals surface area contributed by atoms with Gasteiger partial charge in [-0.25, -0.2) is 0 Å². The maximum atomic E-state index is 12.6. The van der Waals surface area contributed by atoms with Crippen LogP contribution >= 0.6 is 23.4 Å². The summed E-state index contributed by atoms with van der Waals surface area (Å²) in [4.78, 5) is 26.2.